The summed E-state index contributed by atoms with van der Waals surface area (Å²) in [5, 5.41) is 14.1. The molecular formula is C18H13Cl2FN4O. The molecule has 1 amide bonds. The van der Waals surface area contributed by atoms with Crippen molar-refractivity contribution in [3.05, 3.63) is 81.7 Å². The Balaban J connectivity index is 1.62. The van der Waals surface area contributed by atoms with E-state index in [1.165, 1.54) is 18.2 Å². The minimum absolute atomic E-state index is 0.133. The van der Waals surface area contributed by atoms with Crippen LogP contribution >= 0.6 is 23.2 Å². The average molecular weight is 391 g/mol. The normalized spacial score (nSPS) is 10.4. The molecule has 2 aromatic carbocycles. The van der Waals surface area contributed by atoms with E-state index >= 15 is 0 Å². The highest BCUT2D eigenvalue weighted by Crippen LogP contribution is 2.29. The summed E-state index contributed by atoms with van der Waals surface area (Å²) < 4.78 is 12.9. The summed E-state index contributed by atoms with van der Waals surface area (Å²) in [5.41, 5.74) is 1.42. The molecule has 0 aliphatic heterocycles. The van der Waals surface area contributed by atoms with E-state index in [4.69, 9.17) is 23.2 Å². The van der Waals surface area contributed by atoms with Crippen molar-refractivity contribution in [1.82, 2.24) is 10.2 Å². The average Bonchev–Trinajstić information content (AvgIpc) is 2.65. The predicted molar refractivity (Wildman–Crippen MR) is 100 cm³/mol. The minimum atomic E-state index is -0.452. The first-order chi connectivity index (χ1) is 12.5. The lowest BCUT2D eigenvalue weighted by Crippen LogP contribution is -2.15. The monoisotopic (exact) mass is 390 g/mol. The Morgan fingerprint density at radius 2 is 1.77 bits per heavy atom. The lowest BCUT2D eigenvalue weighted by Gasteiger charge is -2.08. The first kappa shape index (κ1) is 18.1. The van der Waals surface area contributed by atoms with Gasteiger partial charge in [-0.1, -0.05) is 41.4 Å². The van der Waals surface area contributed by atoms with Crippen molar-refractivity contribution in [2.75, 3.05) is 10.6 Å². The molecule has 0 bridgehead atoms. The van der Waals surface area contributed by atoms with Crippen molar-refractivity contribution in [3.63, 3.8) is 0 Å². The Labute approximate surface area is 159 Å². The molecule has 3 aromatic rings. The number of carbonyl (C=O) groups is 1. The number of nitrogens with zero attached hydrogens (tertiary/aromatic N) is 2. The van der Waals surface area contributed by atoms with Crippen LogP contribution in [0.4, 0.5) is 15.9 Å². The fourth-order valence-electron chi connectivity index (χ4n) is 2.13. The largest absolute Gasteiger partial charge is 0.365 e. The second-order valence-corrected chi connectivity index (χ2v) is 6.12. The van der Waals surface area contributed by atoms with Gasteiger partial charge in [-0.3, -0.25) is 4.79 Å². The number of benzene rings is 2. The van der Waals surface area contributed by atoms with Crippen molar-refractivity contribution in [3.8, 4) is 0 Å². The zero-order valence-electron chi connectivity index (χ0n) is 13.3. The second kappa shape index (κ2) is 8.12. The maximum atomic E-state index is 12.9. The fourth-order valence-corrected chi connectivity index (χ4v) is 2.48. The van der Waals surface area contributed by atoms with Gasteiger partial charge in [-0.2, -0.15) is 0 Å². The number of carbonyl (C=O) groups excluding carboxylic acids is 1. The topological polar surface area (TPSA) is 66.9 Å². The van der Waals surface area contributed by atoms with E-state index in [0.717, 1.165) is 5.56 Å². The van der Waals surface area contributed by atoms with Gasteiger partial charge >= 0.3 is 0 Å². The number of rotatable bonds is 5. The maximum Gasteiger partial charge on any atom is 0.276 e. The molecule has 0 atom stereocenters. The van der Waals surface area contributed by atoms with Gasteiger partial charge in [-0.05, 0) is 42.0 Å². The molecular weight excluding hydrogens is 378 g/mol. The quantitative estimate of drug-likeness (QED) is 0.657. The standard InChI is InChI=1S/C18H13Cl2FN4O/c19-13-2-1-3-14(17(13)20)23-18(26)15-8-9-16(25-24-15)22-10-11-4-6-12(21)7-5-11/h1-9H,10H2,(H,22,25)(H,23,26). The molecule has 0 aliphatic rings. The van der Waals surface area contributed by atoms with E-state index in [0.29, 0.717) is 23.1 Å². The number of hydrogen-bond acceptors (Lipinski definition) is 4. The number of halogens is 3. The van der Waals surface area contributed by atoms with Gasteiger partial charge in [0.05, 0.1) is 15.7 Å². The molecule has 3 rings (SSSR count). The smallest absolute Gasteiger partial charge is 0.276 e. The van der Waals surface area contributed by atoms with Crippen molar-refractivity contribution >= 4 is 40.6 Å². The van der Waals surface area contributed by atoms with Crippen molar-refractivity contribution < 1.29 is 9.18 Å². The summed E-state index contributed by atoms with van der Waals surface area (Å²) in [4.78, 5) is 12.2. The van der Waals surface area contributed by atoms with Gasteiger partial charge in [0.25, 0.3) is 5.91 Å². The van der Waals surface area contributed by atoms with E-state index in [9.17, 15) is 9.18 Å². The van der Waals surface area contributed by atoms with E-state index in [2.05, 4.69) is 20.8 Å². The highest BCUT2D eigenvalue weighted by molar-refractivity contribution is 6.44. The summed E-state index contributed by atoms with van der Waals surface area (Å²) >= 11 is 12.0. The molecule has 1 aromatic heterocycles. The molecule has 5 nitrogen and oxygen atoms in total. The highest BCUT2D eigenvalue weighted by Gasteiger charge is 2.12. The van der Waals surface area contributed by atoms with Crippen LogP contribution in [-0.2, 0) is 6.54 Å². The molecule has 0 saturated carbocycles. The third kappa shape index (κ3) is 4.47. The van der Waals surface area contributed by atoms with Crippen LogP contribution in [0, 0.1) is 5.82 Å². The lowest BCUT2D eigenvalue weighted by molar-refractivity contribution is 0.102. The summed E-state index contributed by atoms with van der Waals surface area (Å²) in [6, 6.07) is 14.2. The molecule has 8 heteroatoms. The highest BCUT2D eigenvalue weighted by atomic mass is 35.5. The fraction of sp³-hybridized carbons (Fsp3) is 0.0556. The van der Waals surface area contributed by atoms with Crippen molar-refractivity contribution in [2.24, 2.45) is 0 Å². The van der Waals surface area contributed by atoms with Gasteiger partial charge in [0.1, 0.15) is 11.6 Å². The maximum absolute atomic E-state index is 12.9. The van der Waals surface area contributed by atoms with E-state index in [1.807, 2.05) is 0 Å². The predicted octanol–water partition coefficient (Wildman–Crippen LogP) is 4.79. The molecule has 0 radical (unpaired) electrons. The van der Waals surface area contributed by atoms with Gasteiger partial charge in [-0.25, -0.2) is 4.39 Å². The van der Waals surface area contributed by atoms with Crippen LogP contribution in [0.1, 0.15) is 16.1 Å². The third-order valence-corrected chi connectivity index (χ3v) is 4.30. The zero-order chi connectivity index (χ0) is 18.5. The van der Waals surface area contributed by atoms with Crippen molar-refractivity contribution in [1.29, 1.82) is 0 Å². The molecule has 0 fully saturated rings. The number of nitrogens with one attached hydrogen (secondary N) is 2. The van der Waals surface area contributed by atoms with Crippen LogP contribution in [0.25, 0.3) is 0 Å². The Hall–Kier alpha value is -2.70. The molecule has 0 spiro atoms. The molecule has 1 heterocycles. The van der Waals surface area contributed by atoms with Crippen LogP contribution < -0.4 is 10.6 Å². The number of anilines is 2. The van der Waals surface area contributed by atoms with Crippen LogP contribution in [0.15, 0.2) is 54.6 Å². The Bertz CT molecular complexity index is 917. The minimum Gasteiger partial charge on any atom is -0.365 e. The second-order valence-electron chi connectivity index (χ2n) is 5.34. The molecule has 26 heavy (non-hydrogen) atoms. The number of hydrogen-bond donors (Lipinski definition) is 2. The Morgan fingerprint density at radius 1 is 1.00 bits per heavy atom. The first-order valence-electron chi connectivity index (χ1n) is 7.60. The molecule has 2 N–H and O–H groups in total. The van der Waals surface area contributed by atoms with Gasteiger partial charge in [0.15, 0.2) is 5.69 Å². The lowest BCUT2D eigenvalue weighted by atomic mass is 10.2. The van der Waals surface area contributed by atoms with Crippen LogP contribution in [0.5, 0.6) is 0 Å². The third-order valence-electron chi connectivity index (χ3n) is 3.48. The van der Waals surface area contributed by atoms with Crippen LogP contribution in [-0.4, -0.2) is 16.1 Å². The van der Waals surface area contributed by atoms with Gasteiger partial charge in [0, 0.05) is 6.54 Å². The van der Waals surface area contributed by atoms with Gasteiger partial charge in [0.2, 0.25) is 0 Å². The Kier molecular flexibility index (Phi) is 5.65. The van der Waals surface area contributed by atoms with Crippen LogP contribution in [0.2, 0.25) is 10.0 Å². The van der Waals surface area contributed by atoms with E-state index in [-0.39, 0.29) is 16.5 Å². The van der Waals surface area contributed by atoms with Gasteiger partial charge in [-0.15, -0.1) is 10.2 Å². The van der Waals surface area contributed by atoms with Crippen molar-refractivity contribution in [2.45, 2.75) is 6.54 Å². The molecule has 0 unspecified atom stereocenters. The van der Waals surface area contributed by atoms with Crippen LogP contribution in [0.3, 0.4) is 0 Å². The van der Waals surface area contributed by atoms with E-state index < -0.39 is 5.91 Å². The SMILES string of the molecule is O=C(Nc1cccc(Cl)c1Cl)c1ccc(NCc2ccc(F)cc2)nn1. The first-order valence-corrected chi connectivity index (χ1v) is 8.36. The summed E-state index contributed by atoms with van der Waals surface area (Å²) in [6.07, 6.45) is 0. The number of aromatic nitrogens is 2. The molecule has 0 aliphatic carbocycles. The zero-order valence-corrected chi connectivity index (χ0v) is 14.9. The molecule has 0 saturated heterocycles. The summed E-state index contributed by atoms with van der Waals surface area (Å²) in [6.45, 7) is 0.457. The van der Waals surface area contributed by atoms with E-state index in [1.54, 1.807) is 36.4 Å². The number of amides is 1. The van der Waals surface area contributed by atoms with Gasteiger partial charge < -0.3 is 10.6 Å². The summed E-state index contributed by atoms with van der Waals surface area (Å²) in [5.74, 6) is -0.248. The molecule has 132 valence electrons. The summed E-state index contributed by atoms with van der Waals surface area (Å²) in [7, 11) is 0. The Morgan fingerprint density at radius 3 is 2.46 bits per heavy atom.